The standard InChI is InChI=1S/C11H12F3NO5S/c1-6(16)15(20-21(18,19)11(12,13)14)10(17)9-5-7-2-3-8(9)4-7/h2-3,7-9H,4-5H2,1H3. The second kappa shape index (κ2) is 5.09. The van der Waals surface area contributed by atoms with Crippen LogP contribution in [0.5, 0.6) is 0 Å². The van der Waals surface area contributed by atoms with Gasteiger partial charge in [0.15, 0.2) is 0 Å². The summed E-state index contributed by atoms with van der Waals surface area (Å²) >= 11 is 0. The zero-order valence-corrected chi connectivity index (χ0v) is 11.6. The number of fused-ring (bicyclic) bond motifs is 2. The highest BCUT2D eigenvalue weighted by molar-refractivity contribution is 7.87. The van der Waals surface area contributed by atoms with Crippen molar-refractivity contribution in [1.82, 2.24) is 5.06 Å². The Labute approximate surface area is 118 Å². The van der Waals surface area contributed by atoms with Crippen LogP contribution in [0.15, 0.2) is 12.2 Å². The maximum atomic E-state index is 12.3. The largest absolute Gasteiger partial charge is 0.525 e. The van der Waals surface area contributed by atoms with Gasteiger partial charge >= 0.3 is 15.6 Å². The molecule has 3 unspecified atom stereocenters. The van der Waals surface area contributed by atoms with Crippen molar-refractivity contribution in [3.8, 4) is 0 Å². The molecule has 1 saturated carbocycles. The summed E-state index contributed by atoms with van der Waals surface area (Å²) in [7, 11) is -6.06. The third-order valence-corrected chi connectivity index (χ3v) is 4.45. The van der Waals surface area contributed by atoms with E-state index in [-0.39, 0.29) is 16.9 Å². The first-order valence-electron chi connectivity index (χ1n) is 6.06. The molecule has 0 heterocycles. The van der Waals surface area contributed by atoms with Gasteiger partial charge < -0.3 is 0 Å². The number of carbonyl (C=O) groups is 2. The van der Waals surface area contributed by atoms with Gasteiger partial charge in [0.25, 0.3) is 11.8 Å². The number of nitrogens with zero attached hydrogens (tertiary/aromatic N) is 1. The molecule has 0 radical (unpaired) electrons. The molecule has 0 aliphatic heterocycles. The SMILES string of the molecule is CC(=O)N(OS(=O)(=O)C(F)(F)F)C(=O)C1CC2C=CC1C2. The fraction of sp³-hybridized carbons (Fsp3) is 0.636. The molecule has 0 aromatic heterocycles. The van der Waals surface area contributed by atoms with Crippen molar-refractivity contribution < 1.29 is 35.5 Å². The predicted molar refractivity (Wildman–Crippen MR) is 62.4 cm³/mol. The first kappa shape index (κ1) is 16.0. The van der Waals surface area contributed by atoms with Crippen LogP contribution in [-0.4, -0.2) is 30.8 Å². The van der Waals surface area contributed by atoms with Gasteiger partial charge in [-0.1, -0.05) is 12.2 Å². The van der Waals surface area contributed by atoms with Crippen molar-refractivity contribution in [3.63, 3.8) is 0 Å². The molecule has 2 amide bonds. The van der Waals surface area contributed by atoms with Crippen LogP contribution in [0.2, 0.25) is 0 Å². The summed E-state index contributed by atoms with van der Waals surface area (Å²) in [5.41, 5.74) is -5.71. The summed E-state index contributed by atoms with van der Waals surface area (Å²) in [6, 6.07) is 0. The Hall–Kier alpha value is -1.42. The topological polar surface area (TPSA) is 80.8 Å². The Balaban J connectivity index is 2.19. The number of hydrogen-bond acceptors (Lipinski definition) is 5. The van der Waals surface area contributed by atoms with E-state index in [1.54, 1.807) is 6.08 Å². The Morgan fingerprint density at radius 2 is 1.86 bits per heavy atom. The maximum absolute atomic E-state index is 12.3. The number of rotatable bonds is 3. The van der Waals surface area contributed by atoms with Crippen LogP contribution in [0.1, 0.15) is 19.8 Å². The third kappa shape index (κ3) is 2.95. The van der Waals surface area contributed by atoms with E-state index < -0.39 is 33.4 Å². The summed E-state index contributed by atoms with van der Waals surface area (Å²) in [5, 5.41) is -0.304. The van der Waals surface area contributed by atoms with Crippen LogP contribution in [0.4, 0.5) is 13.2 Å². The molecule has 2 rings (SSSR count). The Morgan fingerprint density at radius 3 is 2.24 bits per heavy atom. The smallest absolute Gasteiger partial charge is 0.272 e. The highest BCUT2D eigenvalue weighted by atomic mass is 32.2. The molecule has 0 saturated heterocycles. The normalized spacial score (nSPS) is 27.9. The van der Waals surface area contributed by atoms with Gasteiger partial charge in [-0.2, -0.15) is 21.6 Å². The highest BCUT2D eigenvalue weighted by Gasteiger charge is 2.51. The number of hydroxylamine groups is 2. The number of imide groups is 1. The molecule has 21 heavy (non-hydrogen) atoms. The molecule has 118 valence electrons. The van der Waals surface area contributed by atoms with Gasteiger partial charge in [0.1, 0.15) is 0 Å². The van der Waals surface area contributed by atoms with E-state index in [1.165, 1.54) is 0 Å². The Morgan fingerprint density at radius 1 is 1.24 bits per heavy atom. The Kier molecular flexibility index (Phi) is 3.87. The molecule has 6 nitrogen and oxygen atoms in total. The van der Waals surface area contributed by atoms with E-state index in [2.05, 4.69) is 4.28 Å². The van der Waals surface area contributed by atoms with Gasteiger partial charge in [0.2, 0.25) is 0 Å². The van der Waals surface area contributed by atoms with Crippen LogP contribution in [0.25, 0.3) is 0 Å². The van der Waals surface area contributed by atoms with Crippen molar-refractivity contribution in [3.05, 3.63) is 12.2 Å². The summed E-state index contributed by atoms with van der Waals surface area (Å²) in [6.45, 7) is 0.757. The summed E-state index contributed by atoms with van der Waals surface area (Å²) < 4.78 is 62.4. The number of halogens is 3. The van der Waals surface area contributed by atoms with Crippen LogP contribution in [-0.2, 0) is 24.0 Å². The lowest BCUT2D eigenvalue weighted by molar-refractivity contribution is -0.176. The molecule has 0 aromatic carbocycles. The van der Waals surface area contributed by atoms with E-state index in [9.17, 15) is 31.2 Å². The van der Waals surface area contributed by atoms with E-state index >= 15 is 0 Å². The minimum Gasteiger partial charge on any atom is -0.272 e. The average Bonchev–Trinajstić information content (AvgIpc) is 2.95. The molecule has 1 fully saturated rings. The predicted octanol–water partition coefficient (Wildman–Crippen LogP) is 1.35. The van der Waals surface area contributed by atoms with Gasteiger partial charge in [0, 0.05) is 12.8 Å². The molecule has 2 bridgehead atoms. The number of allylic oxidation sites excluding steroid dienone is 2. The number of amides is 2. The minimum atomic E-state index is -6.06. The average molecular weight is 327 g/mol. The third-order valence-electron chi connectivity index (χ3n) is 3.54. The fourth-order valence-electron chi connectivity index (χ4n) is 2.60. The van der Waals surface area contributed by atoms with Crippen LogP contribution >= 0.6 is 0 Å². The Bertz CT molecular complexity index is 597. The lowest BCUT2D eigenvalue weighted by atomic mass is 9.93. The van der Waals surface area contributed by atoms with E-state index in [0.29, 0.717) is 12.8 Å². The number of alkyl halides is 3. The molecule has 2 aliphatic carbocycles. The first-order chi connectivity index (χ1) is 9.53. The van der Waals surface area contributed by atoms with Gasteiger partial charge in [-0.15, -0.1) is 9.35 Å². The molecule has 0 aromatic rings. The molecule has 2 aliphatic rings. The molecule has 3 atom stereocenters. The monoisotopic (exact) mass is 327 g/mol. The summed E-state index contributed by atoms with van der Waals surface area (Å²) in [5.74, 6) is -3.11. The maximum Gasteiger partial charge on any atom is 0.525 e. The zero-order valence-electron chi connectivity index (χ0n) is 10.8. The van der Waals surface area contributed by atoms with Crippen LogP contribution in [0.3, 0.4) is 0 Å². The fourth-order valence-corrected chi connectivity index (χ4v) is 3.06. The quantitative estimate of drug-likeness (QED) is 0.444. The van der Waals surface area contributed by atoms with E-state index in [1.807, 2.05) is 6.08 Å². The molecule has 10 heteroatoms. The number of hydrogen-bond donors (Lipinski definition) is 0. The second-order valence-electron chi connectivity index (χ2n) is 5.01. The first-order valence-corrected chi connectivity index (χ1v) is 7.47. The van der Waals surface area contributed by atoms with Gasteiger partial charge in [-0.05, 0) is 24.7 Å². The number of carbonyl (C=O) groups excluding carboxylic acids is 2. The molecular formula is C11H12F3NO5S. The zero-order chi connectivity index (χ0) is 16.0. The van der Waals surface area contributed by atoms with Crippen molar-refractivity contribution in [1.29, 1.82) is 0 Å². The van der Waals surface area contributed by atoms with Crippen molar-refractivity contribution in [2.24, 2.45) is 17.8 Å². The summed E-state index contributed by atoms with van der Waals surface area (Å²) in [4.78, 5) is 23.4. The lowest BCUT2D eigenvalue weighted by Gasteiger charge is -2.24. The van der Waals surface area contributed by atoms with E-state index in [4.69, 9.17) is 0 Å². The van der Waals surface area contributed by atoms with E-state index in [0.717, 1.165) is 6.92 Å². The van der Waals surface area contributed by atoms with Crippen molar-refractivity contribution in [2.75, 3.05) is 0 Å². The van der Waals surface area contributed by atoms with Crippen molar-refractivity contribution >= 4 is 21.9 Å². The highest BCUT2D eigenvalue weighted by Crippen LogP contribution is 2.44. The van der Waals surface area contributed by atoms with Crippen molar-refractivity contribution in [2.45, 2.75) is 25.3 Å². The minimum absolute atomic E-state index is 0.122. The van der Waals surface area contributed by atoms with Gasteiger partial charge in [-0.3, -0.25) is 9.59 Å². The molecule has 0 N–H and O–H groups in total. The van der Waals surface area contributed by atoms with Gasteiger partial charge in [0.05, 0.1) is 0 Å². The molecule has 0 spiro atoms. The van der Waals surface area contributed by atoms with Gasteiger partial charge in [-0.25, -0.2) is 0 Å². The summed E-state index contributed by atoms with van der Waals surface area (Å²) in [6.07, 6.45) is 4.65. The second-order valence-corrected chi connectivity index (χ2v) is 6.53. The van der Waals surface area contributed by atoms with Crippen LogP contribution in [0, 0.1) is 17.8 Å². The lowest BCUT2D eigenvalue weighted by Crippen LogP contribution is -2.44. The van der Waals surface area contributed by atoms with Crippen LogP contribution < -0.4 is 0 Å². The molecular weight excluding hydrogens is 315 g/mol.